The summed E-state index contributed by atoms with van der Waals surface area (Å²) in [6.07, 6.45) is 1.51. The second-order valence-electron chi connectivity index (χ2n) is 5.14. The van der Waals surface area contributed by atoms with Crippen LogP contribution >= 0.6 is 0 Å². The molecule has 21 heavy (non-hydrogen) atoms. The van der Waals surface area contributed by atoms with E-state index in [2.05, 4.69) is 20.0 Å². The maximum absolute atomic E-state index is 9.58. The number of aromatic nitrogens is 4. The molecule has 0 aliphatic carbocycles. The number of hydrogen-bond acceptors (Lipinski definition) is 5. The van der Waals surface area contributed by atoms with E-state index in [0.717, 1.165) is 22.6 Å². The number of hydrogen-bond donors (Lipinski definition) is 1. The molecule has 1 N–H and O–H groups in total. The summed E-state index contributed by atoms with van der Waals surface area (Å²) in [5, 5.41) is 13.8. The van der Waals surface area contributed by atoms with Crippen molar-refractivity contribution in [3.05, 3.63) is 47.4 Å². The van der Waals surface area contributed by atoms with Crippen LogP contribution in [0.15, 0.2) is 30.6 Å². The zero-order chi connectivity index (χ0) is 15.0. The molecule has 2 aromatic heterocycles. The molecule has 0 saturated heterocycles. The standard InChI is InChI=1S/C15H17N5O/c1-10-11(2)18-15-16-9-17-20(15)14(10)19(3)8-12-5-4-6-13(21)7-12/h4-7,9,21H,8H2,1-3H3. The van der Waals surface area contributed by atoms with Gasteiger partial charge in [-0.3, -0.25) is 0 Å². The molecule has 2 heterocycles. The minimum atomic E-state index is 0.273. The lowest BCUT2D eigenvalue weighted by molar-refractivity contribution is 0.474. The van der Waals surface area contributed by atoms with Crippen LogP contribution in [-0.4, -0.2) is 31.7 Å². The Hall–Kier alpha value is -2.63. The van der Waals surface area contributed by atoms with E-state index in [9.17, 15) is 5.11 Å². The normalized spacial score (nSPS) is 11.0. The van der Waals surface area contributed by atoms with Crippen LogP contribution in [0.3, 0.4) is 0 Å². The number of phenolic OH excluding ortho intramolecular Hbond substituents is 1. The Morgan fingerprint density at radius 1 is 1.29 bits per heavy atom. The third-order valence-corrected chi connectivity index (χ3v) is 3.57. The lowest BCUT2D eigenvalue weighted by Crippen LogP contribution is -2.22. The number of anilines is 1. The highest BCUT2D eigenvalue weighted by atomic mass is 16.3. The van der Waals surface area contributed by atoms with E-state index in [-0.39, 0.29) is 5.75 Å². The van der Waals surface area contributed by atoms with E-state index in [4.69, 9.17) is 0 Å². The van der Waals surface area contributed by atoms with Crippen molar-refractivity contribution in [1.82, 2.24) is 19.6 Å². The molecule has 6 heteroatoms. The van der Waals surface area contributed by atoms with E-state index >= 15 is 0 Å². The molecular formula is C15H17N5O. The quantitative estimate of drug-likeness (QED) is 0.797. The number of nitrogens with zero attached hydrogens (tertiary/aromatic N) is 5. The predicted molar refractivity (Wildman–Crippen MR) is 80.5 cm³/mol. The Balaban J connectivity index is 2.03. The van der Waals surface area contributed by atoms with E-state index in [1.165, 1.54) is 6.33 Å². The first kappa shape index (κ1) is 13.4. The van der Waals surface area contributed by atoms with Crippen LogP contribution in [0.4, 0.5) is 5.82 Å². The summed E-state index contributed by atoms with van der Waals surface area (Å²) in [4.78, 5) is 10.7. The monoisotopic (exact) mass is 283 g/mol. The van der Waals surface area contributed by atoms with Gasteiger partial charge in [-0.1, -0.05) is 12.1 Å². The molecular weight excluding hydrogens is 266 g/mol. The summed E-state index contributed by atoms with van der Waals surface area (Å²) < 4.78 is 1.74. The Morgan fingerprint density at radius 3 is 2.86 bits per heavy atom. The van der Waals surface area contributed by atoms with Gasteiger partial charge in [0.25, 0.3) is 5.78 Å². The molecule has 0 bridgehead atoms. The first-order valence-electron chi connectivity index (χ1n) is 6.72. The van der Waals surface area contributed by atoms with Gasteiger partial charge in [-0.05, 0) is 31.5 Å². The number of benzene rings is 1. The van der Waals surface area contributed by atoms with Crippen molar-refractivity contribution in [2.45, 2.75) is 20.4 Å². The van der Waals surface area contributed by atoms with Gasteiger partial charge in [-0.2, -0.15) is 14.6 Å². The number of rotatable bonds is 3. The SMILES string of the molecule is Cc1nc2ncnn2c(N(C)Cc2cccc(O)c2)c1C. The van der Waals surface area contributed by atoms with Crippen LogP contribution in [0.1, 0.15) is 16.8 Å². The maximum atomic E-state index is 9.58. The average Bonchev–Trinajstić information content (AvgIpc) is 2.87. The first-order valence-corrected chi connectivity index (χ1v) is 6.72. The Bertz CT molecular complexity index is 796. The molecule has 0 saturated carbocycles. The minimum Gasteiger partial charge on any atom is -0.508 e. The Morgan fingerprint density at radius 2 is 2.10 bits per heavy atom. The molecule has 0 aliphatic heterocycles. The van der Waals surface area contributed by atoms with Crippen LogP contribution in [0.2, 0.25) is 0 Å². The van der Waals surface area contributed by atoms with Gasteiger partial charge in [0.15, 0.2) is 0 Å². The molecule has 0 unspecified atom stereocenters. The fourth-order valence-electron chi connectivity index (χ4n) is 2.47. The van der Waals surface area contributed by atoms with Gasteiger partial charge in [0, 0.05) is 24.8 Å². The van der Waals surface area contributed by atoms with Crippen molar-refractivity contribution in [2.75, 3.05) is 11.9 Å². The second-order valence-corrected chi connectivity index (χ2v) is 5.14. The molecule has 0 aliphatic rings. The summed E-state index contributed by atoms with van der Waals surface area (Å²) >= 11 is 0. The van der Waals surface area contributed by atoms with Crippen molar-refractivity contribution in [2.24, 2.45) is 0 Å². The fourth-order valence-corrected chi connectivity index (χ4v) is 2.47. The molecule has 1 aromatic carbocycles. The van der Waals surface area contributed by atoms with Crippen LogP contribution in [0.5, 0.6) is 5.75 Å². The molecule has 0 spiro atoms. The topological polar surface area (TPSA) is 66.5 Å². The van der Waals surface area contributed by atoms with Crippen molar-refractivity contribution in [3.63, 3.8) is 0 Å². The van der Waals surface area contributed by atoms with E-state index in [0.29, 0.717) is 12.3 Å². The van der Waals surface area contributed by atoms with Gasteiger partial charge in [0.1, 0.15) is 17.9 Å². The van der Waals surface area contributed by atoms with Gasteiger partial charge in [0.2, 0.25) is 0 Å². The average molecular weight is 283 g/mol. The van der Waals surface area contributed by atoms with Gasteiger partial charge < -0.3 is 10.0 Å². The van der Waals surface area contributed by atoms with E-state index in [1.807, 2.05) is 33.0 Å². The second kappa shape index (κ2) is 5.05. The first-order chi connectivity index (χ1) is 10.1. The van der Waals surface area contributed by atoms with Gasteiger partial charge in [0.05, 0.1) is 0 Å². The van der Waals surface area contributed by atoms with Gasteiger partial charge >= 0.3 is 0 Å². The van der Waals surface area contributed by atoms with Crippen molar-refractivity contribution >= 4 is 11.6 Å². The highest BCUT2D eigenvalue weighted by Gasteiger charge is 2.15. The number of aromatic hydroxyl groups is 1. The zero-order valence-corrected chi connectivity index (χ0v) is 12.3. The third-order valence-electron chi connectivity index (χ3n) is 3.57. The largest absolute Gasteiger partial charge is 0.508 e. The fraction of sp³-hybridized carbons (Fsp3) is 0.267. The predicted octanol–water partition coefficient (Wildman–Crippen LogP) is 2.08. The number of phenols is 1. The van der Waals surface area contributed by atoms with Gasteiger partial charge in [-0.25, -0.2) is 4.98 Å². The van der Waals surface area contributed by atoms with Crippen molar-refractivity contribution in [3.8, 4) is 5.75 Å². The van der Waals surface area contributed by atoms with E-state index in [1.54, 1.807) is 16.6 Å². The van der Waals surface area contributed by atoms with Gasteiger partial charge in [-0.15, -0.1) is 0 Å². The van der Waals surface area contributed by atoms with Crippen molar-refractivity contribution < 1.29 is 5.11 Å². The Labute approximate surface area is 122 Å². The molecule has 0 radical (unpaired) electrons. The Kier molecular flexibility index (Phi) is 3.21. The maximum Gasteiger partial charge on any atom is 0.254 e. The zero-order valence-electron chi connectivity index (χ0n) is 12.3. The molecule has 6 nitrogen and oxygen atoms in total. The molecule has 0 amide bonds. The summed E-state index contributed by atoms with van der Waals surface area (Å²) in [5.74, 6) is 1.82. The molecule has 0 fully saturated rings. The van der Waals surface area contributed by atoms with Crippen LogP contribution in [0.25, 0.3) is 5.78 Å². The summed E-state index contributed by atoms with van der Waals surface area (Å²) in [6, 6.07) is 7.26. The molecule has 3 aromatic rings. The lowest BCUT2D eigenvalue weighted by atomic mass is 10.2. The molecule has 108 valence electrons. The van der Waals surface area contributed by atoms with Crippen LogP contribution in [0, 0.1) is 13.8 Å². The van der Waals surface area contributed by atoms with Crippen molar-refractivity contribution in [1.29, 1.82) is 0 Å². The highest BCUT2D eigenvalue weighted by molar-refractivity contribution is 5.53. The van der Waals surface area contributed by atoms with E-state index < -0.39 is 0 Å². The van der Waals surface area contributed by atoms with Crippen LogP contribution < -0.4 is 4.90 Å². The minimum absolute atomic E-state index is 0.273. The lowest BCUT2D eigenvalue weighted by Gasteiger charge is -2.22. The van der Waals surface area contributed by atoms with Crippen LogP contribution in [-0.2, 0) is 6.54 Å². The third kappa shape index (κ3) is 2.40. The summed E-state index contributed by atoms with van der Waals surface area (Å²) in [5.41, 5.74) is 3.03. The number of fused-ring (bicyclic) bond motifs is 1. The summed E-state index contributed by atoms with van der Waals surface area (Å²) in [6.45, 7) is 4.65. The smallest absolute Gasteiger partial charge is 0.254 e. The summed E-state index contributed by atoms with van der Waals surface area (Å²) in [7, 11) is 1.99. The molecule has 3 rings (SSSR count). The molecule has 0 atom stereocenters. The highest BCUT2D eigenvalue weighted by Crippen LogP contribution is 2.23. The number of aryl methyl sites for hydroxylation is 1.